The highest BCUT2D eigenvalue weighted by atomic mass is 14.8. The molecule has 0 aromatic heterocycles. The van der Waals surface area contributed by atoms with Gasteiger partial charge in [-0.2, -0.15) is 0 Å². The molecular weight excluding hydrogens is 206 g/mol. The number of rotatable bonds is 5. The van der Waals surface area contributed by atoms with E-state index in [1.807, 2.05) is 0 Å². The summed E-state index contributed by atoms with van der Waals surface area (Å²) in [5.74, 6) is 1.80. The summed E-state index contributed by atoms with van der Waals surface area (Å²) in [7, 11) is 0. The summed E-state index contributed by atoms with van der Waals surface area (Å²) in [5, 5.41) is 3.52. The minimum Gasteiger partial charge on any atom is -0.317 e. The molecule has 2 unspecified atom stereocenters. The summed E-state index contributed by atoms with van der Waals surface area (Å²) in [4.78, 5) is 0. The zero-order chi connectivity index (χ0) is 12.1. The molecule has 1 aliphatic carbocycles. The molecule has 1 fully saturated rings. The summed E-state index contributed by atoms with van der Waals surface area (Å²) in [6, 6.07) is 8.86. The molecular formula is C16H25N. The van der Waals surface area contributed by atoms with Gasteiger partial charge in [-0.05, 0) is 62.2 Å². The first kappa shape index (κ1) is 12.6. The van der Waals surface area contributed by atoms with Crippen LogP contribution in [-0.2, 0) is 6.42 Å². The van der Waals surface area contributed by atoms with E-state index in [0.717, 1.165) is 18.4 Å². The predicted octanol–water partition coefficient (Wildman–Crippen LogP) is 3.56. The molecule has 1 nitrogen and oxygen atoms in total. The maximum Gasteiger partial charge on any atom is -0.00179 e. The van der Waals surface area contributed by atoms with E-state index in [0.29, 0.717) is 0 Å². The molecule has 1 aliphatic rings. The Labute approximate surface area is 106 Å². The van der Waals surface area contributed by atoms with Crippen LogP contribution in [0.4, 0.5) is 0 Å². The van der Waals surface area contributed by atoms with E-state index in [1.165, 1.54) is 37.8 Å². The van der Waals surface area contributed by atoms with Gasteiger partial charge in [0.2, 0.25) is 0 Å². The van der Waals surface area contributed by atoms with Crippen LogP contribution in [0.15, 0.2) is 24.3 Å². The fraction of sp³-hybridized carbons (Fsp3) is 0.625. The normalized spacial score (nSPS) is 24.1. The Morgan fingerprint density at radius 2 is 1.94 bits per heavy atom. The van der Waals surface area contributed by atoms with Crippen LogP contribution in [0, 0.1) is 18.8 Å². The molecule has 0 aliphatic heterocycles. The molecule has 0 spiro atoms. The average Bonchev–Trinajstić information content (AvgIpc) is 2.77. The summed E-state index contributed by atoms with van der Waals surface area (Å²) >= 11 is 0. The second-order valence-corrected chi connectivity index (χ2v) is 5.39. The van der Waals surface area contributed by atoms with Crippen molar-refractivity contribution in [1.82, 2.24) is 5.32 Å². The summed E-state index contributed by atoms with van der Waals surface area (Å²) in [5.41, 5.74) is 3.02. The number of hydrogen-bond donors (Lipinski definition) is 1. The molecule has 1 aromatic rings. The molecule has 0 radical (unpaired) electrons. The first-order valence-corrected chi connectivity index (χ1v) is 7.06. The molecule has 1 aromatic carbocycles. The van der Waals surface area contributed by atoms with E-state index in [4.69, 9.17) is 0 Å². The Bertz CT molecular complexity index is 345. The maximum atomic E-state index is 3.52. The molecule has 0 saturated heterocycles. The molecule has 94 valence electrons. The van der Waals surface area contributed by atoms with Crippen LogP contribution in [0.3, 0.4) is 0 Å². The largest absolute Gasteiger partial charge is 0.317 e. The van der Waals surface area contributed by atoms with Gasteiger partial charge < -0.3 is 5.32 Å². The molecule has 2 atom stereocenters. The number of benzene rings is 1. The monoisotopic (exact) mass is 231 g/mol. The lowest BCUT2D eigenvalue weighted by Crippen LogP contribution is -2.26. The number of aryl methyl sites for hydroxylation is 1. The fourth-order valence-corrected chi connectivity index (χ4v) is 3.10. The van der Waals surface area contributed by atoms with Gasteiger partial charge in [0.25, 0.3) is 0 Å². The van der Waals surface area contributed by atoms with Gasteiger partial charge in [0.05, 0.1) is 0 Å². The third kappa shape index (κ3) is 3.32. The Morgan fingerprint density at radius 1 is 1.18 bits per heavy atom. The zero-order valence-corrected chi connectivity index (χ0v) is 11.2. The third-order valence-corrected chi connectivity index (χ3v) is 4.22. The quantitative estimate of drug-likeness (QED) is 0.817. The first-order valence-electron chi connectivity index (χ1n) is 7.06. The van der Waals surface area contributed by atoms with E-state index in [-0.39, 0.29) is 0 Å². The molecule has 1 N–H and O–H groups in total. The Balaban J connectivity index is 1.95. The van der Waals surface area contributed by atoms with E-state index < -0.39 is 0 Å². The highest BCUT2D eigenvalue weighted by Gasteiger charge is 2.26. The number of nitrogens with one attached hydrogen (secondary N) is 1. The standard InChI is InChI=1S/C16H25N/c1-3-17-12-16-10-6-9-15(16)11-14-8-5-4-7-13(14)2/h4-5,7-8,15-17H,3,6,9-12H2,1-2H3. The van der Waals surface area contributed by atoms with Crippen molar-refractivity contribution < 1.29 is 0 Å². The number of hydrogen-bond acceptors (Lipinski definition) is 1. The van der Waals surface area contributed by atoms with Crippen molar-refractivity contribution in [3.63, 3.8) is 0 Å². The van der Waals surface area contributed by atoms with Gasteiger partial charge in [0.1, 0.15) is 0 Å². The van der Waals surface area contributed by atoms with Gasteiger partial charge in [-0.1, -0.05) is 37.6 Å². The molecule has 0 heterocycles. The van der Waals surface area contributed by atoms with Gasteiger partial charge in [-0.3, -0.25) is 0 Å². The Kier molecular flexibility index (Phi) is 4.61. The van der Waals surface area contributed by atoms with Crippen LogP contribution >= 0.6 is 0 Å². The molecule has 2 rings (SSSR count). The van der Waals surface area contributed by atoms with E-state index in [2.05, 4.69) is 43.4 Å². The Morgan fingerprint density at radius 3 is 2.71 bits per heavy atom. The van der Waals surface area contributed by atoms with Gasteiger partial charge in [-0.25, -0.2) is 0 Å². The summed E-state index contributed by atoms with van der Waals surface area (Å²) < 4.78 is 0. The lowest BCUT2D eigenvalue weighted by atomic mass is 9.88. The summed E-state index contributed by atoms with van der Waals surface area (Å²) in [6.07, 6.45) is 5.54. The molecule has 17 heavy (non-hydrogen) atoms. The minimum absolute atomic E-state index is 0.898. The average molecular weight is 231 g/mol. The molecule has 1 heteroatoms. The van der Waals surface area contributed by atoms with E-state index in [1.54, 1.807) is 5.56 Å². The lowest BCUT2D eigenvalue weighted by molar-refractivity contribution is 0.368. The molecule has 0 amide bonds. The van der Waals surface area contributed by atoms with Gasteiger partial charge >= 0.3 is 0 Å². The van der Waals surface area contributed by atoms with Crippen LogP contribution < -0.4 is 5.32 Å². The van der Waals surface area contributed by atoms with Crippen molar-refractivity contribution in [2.45, 2.75) is 39.5 Å². The first-order chi connectivity index (χ1) is 8.31. The SMILES string of the molecule is CCNCC1CCCC1Cc1ccccc1C. The second-order valence-electron chi connectivity index (χ2n) is 5.39. The van der Waals surface area contributed by atoms with Crippen LogP contribution in [0.1, 0.15) is 37.3 Å². The van der Waals surface area contributed by atoms with Crippen molar-refractivity contribution >= 4 is 0 Å². The van der Waals surface area contributed by atoms with E-state index in [9.17, 15) is 0 Å². The molecule has 0 bridgehead atoms. The van der Waals surface area contributed by atoms with Crippen molar-refractivity contribution in [1.29, 1.82) is 0 Å². The fourth-order valence-electron chi connectivity index (χ4n) is 3.10. The highest BCUT2D eigenvalue weighted by molar-refractivity contribution is 5.26. The van der Waals surface area contributed by atoms with Crippen LogP contribution in [0.5, 0.6) is 0 Å². The van der Waals surface area contributed by atoms with Gasteiger partial charge in [-0.15, -0.1) is 0 Å². The van der Waals surface area contributed by atoms with Crippen LogP contribution in [-0.4, -0.2) is 13.1 Å². The zero-order valence-electron chi connectivity index (χ0n) is 11.2. The van der Waals surface area contributed by atoms with Gasteiger partial charge in [0, 0.05) is 0 Å². The maximum absolute atomic E-state index is 3.52. The molecule has 1 saturated carbocycles. The Hall–Kier alpha value is -0.820. The lowest BCUT2D eigenvalue weighted by Gasteiger charge is -2.20. The van der Waals surface area contributed by atoms with Crippen LogP contribution in [0.2, 0.25) is 0 Å². The van der Waals surface area contributed by atoms with Crippen molar-refractivity contribution in [2.75, 3.05) is 13.1 Å². The minimum atomic E-state index is 0.898. The van der Waals surface area contributed by atoms with Crippen molar-refractivity contribution in [3.05, 3.63) is 35.4 Å². The third-order valence-electron chi connectivity index (χ3n) is 4.22. The highest BCUT2D eigenvalue weighted by Crippen LogP contribution is 2.34. The van der Waals surface area contributed by atoms with E-state index >= 15 is 0 Å². The topological polar surface area (TPSA) is 12.0 Å². The smallest absolute Gasteiger partial charge is 0.00179 e. The van der Waals surface area contributed by atoms with Crippen molar-refractivity contribution in [3.8, 4) is 0 Å². The second kappa shape index (κ2) is 6.20. The van der Waals surface area contributed by atoms with Gasteiger partial charge in [0.15, 0.2) is 0 Å². The van der Waals surface area contributed by atoms with Crippen LogP contribution in [0.25, 0.3) is 0 Å². The predicted molar refractivity (Wildman–Crippen MR) is 74.3 cm³/mol. The summed E-state index contributed by atoms with van der Waals surface area (Å²) in [6.45, 7) is 6.76. The van der Waals surface area contributed by atoms with Crippen molar-refractivity contribution in [2.24, 2.45) is 11.8 Å².